The lowest BCUT2D eigenvalue weighted by atomic mass is 9.95. The third-order valence-electron chi connectivity index (χ3n) is 9.94. The molecule has 3 heteroatoms. The lowest BCUT2D eigenvalue weighted by Crippen LogP contribution is -2.10. The molecular weight excluding hydrogens is 621 g/mol. The molecule has 0 bridgehead atoms. The zero-order valence-electron chi connectivity index (χ0n) is 27.8. The Hall–Kier alpha value is -6.84. The van der Waals surface area contributed by atoms with Crippen molar-refractivity contribution in [1.82, 2.24) is 4.57 Å². The molecule has 0 saturated heterocycles. The molecule has 0 aliphatic heterocycles. The smallest absolute Gasteiger partial charge is 0.136 e. The monoisotopic (exact) mass is 652 g/mol. The van der Waals surface area contributed by atoms with Crippen LogP contribution in [-0.2, 0) is 0 Å². The van der Waals surface area contributed by atoms with Gasteiger partial charge in [0.15, 0.2) is 0 Å². The number of furan rings is 1. The molecule has 10 aromatic rings. The Labute approximate surface area is 295 Å². The first-order chi connectivity index (χ1) is 25.3. The highest BCUT2D eigenvalue weighted by Crippen LogP contribution is 2.42. The normalized spacial score (nSPS) is 11.5. The minimum absolute atomic E-state index is 0.888. The molecule has 2 heterocycles. The van der Waals surface area contributed by atoms with Gasteiger partial charge in [-0.05, 0) is 113 Å². The molecule has 0 fully saturated rings. The van der Waals surface area contributed by atoms with Crippen LogP contribution in [-0.4, -0.2) is 4.57 Å². The molecule has 3 nitrogen and oxygen atoms in total. The van der Waals surface area contributed by atoms with Gasteiger partial charge in [0, 0.05) is 44.3 Å². The average Bonchev–Trinajstić information content (AvgIpc) is 3.74. The summed E-state index contributed by atoms with van der Waals surface area (Å²) in [7, 11) is 0. The number of fused-ring (bicyclic) bond motifs is 6. The SMILES string of the molecule is c1ccc(N(c2ccccc2)c2cc(-c3ccc4c(c3)oc3ccccc34)cc(-c3ccc4c(c3)c3ccccc3n4-c3ccccc3)c2)cc1. The Morgan fingerprint density at radius 1 is 0.333 bits per heavy atom. The van der Waals surface area contributed by atoms with E-state index in [1.165, 1.54) is 21.8 Å². The molecule has 0 radical (unpaired) electrons. The van der Waals surface area contributed by atoms with Crippen LogP contribution in [0.25, 0.3) is 71.7 Å². The number of hydrogen-bond acceptors (Lipinski definition) is 2. The van der Waals surface area contributed by atoms with Crippen molar-refractivity contribution >= 4 is 60.8 Å². The highest BCUT2D eigenvalue weighted by molar-refractivity contribution is 6.11. The van der Waals surface area contributed by atoms with Gasteiger partial charge in [-0.15, -0.1) is 0 Å². The van der Waals surface area contributed by atoms with E-state index in [-0.39, 0.29) is 0 Å². The first kappa shape index (κ1) is 29.1. The molecule has 0 N–H and O–H groups in total. The highest BCUT2D eigenvalue weighted by Gasteiger charge is 2.18. The van der Waals surface area contributed by atoms with E-state index in [2.05, 4.69) is 191 Å². The van der Waals surface area contributed by atoms with Crippen molar-refractivity contribution in [2.24, 2.45) is 0 Å². The number of anilines is 3. The standard InChI is InChI=1S/C48H32N2O/c1-4-14-37(15-5-1)49(38-16-6-2-7-17-38)40-29-35(28-36(30-40)34-24-26-43-42-21-11-13-23-47(42)51-48(43)32-34)33-25-27-46-44(31-33)41-20-10-12-22-45(41)50(46)39-18-8-3-9-19-39/h1-32H. The van der Waals surface area contributed by atoms with Gasteiger partial charge in [0.2, 0.25) is 0 Å². The van der Waals surface area contributed by atoms with Crippen LogP contribution in [0.15, 0.2) is 199 Å². The predicted molar refractivity (Wildman–Crippen MR) is 214 cm³/mol. The molecule has 0 saturated carbocycles. The molecule has 0 unspecified atom stereocenters. The second kappa shape index (κ2) is 11.9. The number of nitrogens with zero attached hydrogens (tertiary/aromatic N) is 2. The van der Waals surface area contributed by atoms with Crippen LogP contribution in [0.4, 0.5) is 17.1 Å². The summed E-state index contributed by atoms with van der Waals surface area (Å²) in [5.74, 6) is 0. The van der Waals surface area contributed by atoms with Crippen LogP contribution in [0.2, 0.25) is 0 Å². The molecule has 2 aromatic heterocycles. The van der Waals surface area contributed by atoms with Gasteiger partial charge in [-0.3, -0.25) is 0 Å². The molecule has 0 spiro atoms. The maximum Gasteiger partial charge on any atom is 0.136 e. The van der Waals surface area contributed by atoms with Crippen LogP contribution < -0.4 is 4.90 Å². The van der Waals surface area contributed by atoms with Gasteiger partial charge in [0.1, 0.15) is 11.2 Å². The van der Waals surface area contributed by atoms with E-state index in [1.54, 1.807) is 0 Å². The Morgan fingerprint density at radius 3 is 1.61 bits per heavy atom. The zero-order valence-corrected chi connectivity index (χ0v) is 27.8. The fourth-order valence-electron chi connectivity index (χ4n) is 7.59. The van der Waals surface area contributed by atoms with E-state index >= 15 is 0 Å². The molecule has 0 amide bonds. The van der Waals surface area contributed by atoms with Gasteiger partial charge >= 0.3 is 0 Å². The third-order valence-corrected chi connectivity index (χ3v) is 9.94. The lowest BCUT2D eigenvalue weighted by molar-refractivity contribution is 0.669. The van der Waals surface area contributed by atoms with E-state index in [4.69, 9.17) is 4.42 Å². The first-order valence-electron chi connectivity index (χ1n) is 17.3. The minimum Gasteiger partial charge on any atom is -0.456 e. The van der Waals surface area contributed by atoms with E-state index in [9.17, 15) is 0 Å². The first-order valence-corrected chi connectivity index (χ1v) is 17.3. The Morgan fingerprint density at radius 2 is 0.882 bits per heavy atom. The summed E-state index contributed by atoms with van der Waals surface area (Å²) in [5.41, 5.74) is 13.1. The van der Waals surface area contributed by atoms with Crippen molar-refractivity contribution in [3.8, 4) is 27.9 Å². The van der Waals surface area contributed by atoms with Crippen molar-refractivity contribution in [3.63, 3.8) is 0 Å². The van der Waals surface area contributed by atoms with Crippen LogP contribution >= 0.6 is 0 Å². The van der Waals surface area contributed by atoms with Crippen LogP contribution in [0.3, 0.4) is 0 Å². The van der Waals surface area contributed by atoms with Crippen LogP contribution in [0, 0.1) is 0 Å². The molecule has 10 rings (SSSR count). The zero-order chi connectivity index (χ0) is 33.7. The molecule has 0 aliphatic carbocycles. The summed E-state index contributed by atoms with van der Waals surface area (Å²) in [6.45, 7) is 0. The van der Waals surface area contributed by atoms with Gasteiger partial charge in [-0.25, -0.2) is 0 Å². The second-order valence-corrected chi connectivity index (χ2v) is 13.0. The quantitative estimate of drug-likeness (QED) is 0.178. The predicted octanol–water partition coefficient (Wildman–Crippen LogP) is 13.5. The largest absolute Gasteiger partial charge is 0.456 e. The minimum atomic E-state index is 0.888. The third kappa shape index (κ3) is 4.98. The van der Waals surface area contributed by atoms with Crippen molar-refractivity contribution in [3.05, 3.63) is 194 Å². The second-order valence-electron chi connectivity index (χ2n) is 13.0. The van der Waals surface area contributed by atoms with Gasteiger partial charge in [-0.1, -0.05) is 103 Å². The maximum absolute atomic E-state index is 6.36. The van der Waals surface area contributed by atoms with Crippen molar-refractivity contribution in [2.45, 2.75) is 0 Å². The molecule has 0 aliphatic rings. The summed E-state index contributed by atoms with van der Waals surface area (Å²) in [6.07, 6.45) is 0. The Kier molecular flexibility index (Phi) is 6.81. The lowest BCUT2D eigenvalue weighted by Gasteiger charge is -2.26. The average molecular weight is 653 g/mol. The van der Waals surface area contributed by atoms with Gasteiger partial charge in [0.25, 0.3) is 0 Å². The fraction of sp³-hybridized carbons (Fsp3) is 0. The summed E-state index contributed by atoms with van der Waals surface area (Å²) in [5, 5.41) is 4.72. The fourth-order valence-corrected chi connectivity index (χ4v) is 7.59. The summed E-state index contributed by atoms with van der Waals surface area (Å²) < 4.78 is 8.73. The molecule has 51 heavy (non-hydrogen) atoms. The van der Waals surface area contributed by atoms with Crippen molar-refractivity contribution in [1.29, 1.82) is 0 Å². The topological polar surface area (TPSA) is 21.3 Å². The molecule has 0 atom stereocenters. The number of hydrogen-bond donors (Lipinski definition) is 0. The van der Waals surface area contributed by atoms with Gasteiger partial charge < -0.3 is 13.9 Å². The molecular formula is C48H32N2O. The van der Waals surface area contributed by atoms with Gasteiger partial charge in [-0.2, -0.15) is 0 Å². The van der Waals surface area contributed by atoms with Crippen LogP contribution in [0.1, 0.15) is 0 Å². The Balaban J connectivity index is 1.21. The van der Waals surface area contributed by atoms with E-state index in [1.807, 2.05) is 12.1 Å². The van der Waals surface area contributed by atoms with E-state index < -0.39 is 0 Å². The van der Waals surface area contributed by atoms with Crippen LogP contribution in [0.5, 0.6) is 0 Å². The summed E-state index contributed by atoms with van der Waals surface area (Å²) in [6, 6.07) is 69.2. The van der Waals surface area contributed by atoms with E-state index in [0.717, 1.165) is 66.9 Å². The molecule has 240 valence electrons. The number of rotatable bonds is 6. The highest BCUT2D eigenvalue weighted by atomic mass is 16.3. The Bertz CT molecular complexity index is 2810. The van der Waals surface area contributed by atoms with E-state index in [0.29, 0.717) is 0 Å². The van der Waals surface area contributed by atoms with Crippen molar-refractivity contribution < 1.29 is 4.42 Å². The summed E-state index contributed by atoms with van der Waals surface area (Å²) in [4.78, 5) is 2.34. The summed E-state index contributed by atoms with van der Waals surface area (Å²) >= 11 is 0. The maximum atomic E-state index is 6.36. The van der Waals surface area contributed by atoms with Crippen molar-refractivity contribution in [2.75, 3.05) is 4.90 Å². The molecule has 8 aromatic carbocycles. The number of benzene rings is 8. The number of aromatic nitrogens is 1. The van der Waals surface area contributed by atoms with Gasteiger partial charge in [0.05, 0.1) is 11.0 Å². The number of para-hydroxylation sites is 5.